The molecule has 4 N–H and O–H groups in total. The van der Waals surface area contributed by atoms with E-state index < -0.39 is 69.2 Å². The van der Waals surface area contributed by atoms with Crippen LogP contribution in [-0.2, 0) is 23.9 Å². The molecule has 3 aliphatic rings. The molecule has 0 radical (unpaired) electrons. The quantitative estimate of drug-likeness (QED) is 0.404. The van der Waals surface area contributed by atoms with Crippen molar-refractivity contribution in [3.8, 4) is 0 Å². The molecule has 0 bridgehead atoms. The number of hydrogen-bond acceptors (Lipinski definition) is 8. The van der Waals surface area contributed by atoms with Crippen molar-refractivity contribution in [3.05, 3.63) is 12.7 Å². The van der Waals surface area contributed by atoms with Gasteiger partial charge in [0.15, 0.2) is 5.78 Å². The maximum Gasteiger partial charge on any atom is 0.307 e. The zero-order valence-corrected chi connectivity index (χ0v) is 21.3. The topological polar surface area (TPSA) is 136 Å². The van der Waals surface area contributed by atoms with Gasteiger partial charge in [-0.3, -0.25) is 14.4 Å². The molecular formula is C26H41NO7. The molecule has 0 aromatic rings. The normalized spacial score (nSPS) is 45.5. The zero-order valence-electron chi connectivity index (χ0n) is 21.3. The number of aliphatic hydroxyl groups is 2. The molecule has 192 valence electrons. The number of carbonyl (C=O) groups is 3. The van der Waals surface area contributed by atoms with Crippen LogP contribution in [0, 0.1) is 27.6 Å². The predicted octanol–water partition coefficient (Wildman–Crippen LogP) is 2.29. The number of fused-ring (bicyclic) bond motifs is 3. The average Bonchev–Trinajstić information content (AvgIpc) is 2.71. The smallest absolute Gasteiger partial charge is 0.307 e. The Morgan fingerprint density at radius 2 is 1.82 bits per heavy atom. The van der Waals surface area contributed by atoms with Gasteiger partial charge in [0.25, 0.3) is 0 Å². The van der Waals surface area contributed by atoms with E-state index in [1.54, 1.807) is 19.9 Å². The summed E-state index contributed by atoms with van der Waals surface area (Å²) < 4.78 is 11.9. The number of esters is 2. The minimum Gasteiger partial charge on any atom is -0.458 e. The molecule has 3 rings (SSSR count). The molecule has 0 saturated heterocycles. The first-order valence-corrected chi connectivity index (χ1v) is 12.2. The van der Waals surface area contributed by atoms with Gasteiger partial charge in [-0.1, -0.05) is 40.7 Å². The Labute approximate surface area is 202 Å². The molecule has 1 unspecified atom stereocenters. The lowest BCUT2D eigenvalue weighted by Crippen LogP contribution is -2.83. The third-order valence-corrected chi connectivity index (χ3v) is 9.24. The zero-order chi connectivity index (χ0) is 25.9. The second-order valence-corrected chi connectivity index (χ2v) is 12.1. The van der Waals surface area contributed by atoms with Gasteiger partial charge in [0, 0.05) is 36.6 Å². The standard InChI is InChI=1S/C26H41NO7/c1-8-23(5)13-17(30)26(32)24(6,14-23)21(33-15(2)28)19(34-18(31)10-12-27)20-22(3,4)11-9-16(29)25(20,26)7/h8,16,19-21,29,32H,1,9-14,27H2,2-7H3/t16-,19-,20-,21-,23-,24+,25-,26?/m0/s1. The van der Waals surface area contributed by atoms with Crippen molar-refractivity contribution >= 4 is 17.7 Å². The molecule has 0 amide bonds. The van der Waals surface area contributed by atoms with Crippen molar-refractivity contribution in [1.29, 1.82) is 0 Å². The summed E-state index contributed by atoms with van der Waals surface area (Å²) in [6, 6.07) is 0. The Hall–Kier alpha value is -1.77. The molecule has 8 atom stereocenters. The average molecular weight is 480 g/mol. The Kier molecular flexibility index (Phi) is 6.64. The molecule has 34 heavy (non-hydrogen) atoms. The highest BCUT2D eigenvalue weighted by Gasteiger charge is 2.80. The number of hydrogen-bond donors (Lipinski definition) is 3. The summed E-state index contributed by atoms with van der Waals surface area (Å²) >= 11 is 0. The van der Waals surface area contributed by atoms with Crippen LogP contribution in [0.1, 0.15) is 73.6 Å². The summed E-state index contributed by atoms with van der Waals surface area (Å²) in [5, 5.41) is 24.0. The SMILES string of the molecule is C=C[C@@]1(C)CC(=O)C2(O)[C@@]3(C)[C@@H](O)CCC(C)(C)[C@@H]3[C@H](OC(=O)CCN)[C@H](OC(C)=O)[C@@]2(C)C1. The van der Waals surface area contributed by atoms with Gasteiger partial charge in [-0.2, -0.15) is 0 Å². The monoisotopic (exact) mass is 479 g/mol. The van der Waals surface area contributed by atoms with Crippen LogP contribution in [0.5, 0.6) is 0 Å². The summed E-state index contributed by atoms with van der Waals surface area (Å²) in [5.74, 6) is -2.24. The lowest BCUT2D eigenvalue weighted by atomic mass is 9.35. The number of ketones is 1. The summed E-state index contributed by atoms with van der Waals surface area (Å²) in [4.78, 5) is 39.0. The lowest BCUT2D eigenvalue weighted by Gasteiger charge is -2.72. The molecule has 0 heterocycles. The van der Waals surface area contributed by atoms with E-state index in [0.717, 1.165) is 0 Å². The third kappa shape index (κ3) is 3.56. The van der Waals surface area contributed by atoms with E-state index in [-0.39, 0.29) is 25.8 Å². The van der Waals surface area contributed by atoms with E-state index >= 15 is 0 Å². The Bertz CT molecular complexity index is 886. The van der Waals surface area contributed by atoms with E-state index in [1.807, 2.05) is 20.8 Å². The van der Waals surface area contributed by atoms with Gasteiger partial charge in [-0.05, 0) is 30.1 Å². The molecule has 0 aromatic carbocycles. The fourth-order valence-electron chi connectivity index (χ4n) is 7.82. The first-order valence-electron chi connectivity index (χ1n) is 12.2. The van der Waals surface area contributed by atoms with Crippen LogP contribution in [0.3, 0.4) is 0 Å². The second-order valence-electron chi connectivity index (χ2n) is 12.1. The molecular weight excluding hydrogens is 438 g/mol. The van der Waals surface area contributed by atoms with Crippen LogP contribution in [0.15, 0.2) is 12.7 Å². The van der Waals surface area contributed by atoms with Crippen LogP contribution < -0.4 is 5.73 Å². The van der Waals surface area contributed by atoms with Gasteiger partial charge < -0.3 is 25.4 Å². The van der Waals surface area contributed by atoms with Crippen LogP contribution in [0.25, 0.3) is 0 Å². The molecule has 0 aromatic heterocycles. The molecule has 0 spiro atoms. The van der Waals surface area contributed by atoms with E-state index in [9.17, 15) is 24.6 Å². The van der Waals surface area contributed by atoms with E-state index in [0.29, 0.717) is 12.8 Å². The minimum atomic E-state index is -2.03. The van der Waals surface area contributed by atoms with E-state index in [4.69, 9.17) is 15.2 Å². The minimum absolute atomic E-state index is 0.0278. The van der Waals surface area contributed by atoms with Crippen LogP contribution in [-0.4, -0.2) is 58.4 Å². The Balaban J connectivity index is 2.36. The van der Waals surface area contributed by atoms with Crippen LogP contribution >= 0.6 is 0 Å². The molecule has 0 aliphatic heterocycles. The maximum absolute atomic E-state index is 13.9. The van der Waals surface area contributed by atoms with Crippen molar-refractivity contribution in [1.82, 2.24) is 0 Å². The molecule has 8 heteroatoms. The predicted molar refractivity (Wildman–Crippen MR) is 125 cm³/mol. The van der Waals surface area contributed by atoms with Crippen molar-refractivity contribution in [2.45, 2.75) is 97.6 Å². The van der Waals surface area contributed by atoms with Gasteiger partial charge in [0.1, 0.15) is 17.8 Å². The number of nitrogens with two attached hydrogens (primary N) is 1. The fourth-order valence-corrected chi connectivity index (χ4v) is 7.82. The number of aliphatic hydroxyl groups excluding tert-OH is 1. The summed E-state index contributed by atoms with van der Waals surface area (Å²) in [5.41, 5.74) is -0.376. The fraction of sp³-hybridized carbons (Fsp3) is 0.808. The Morgan fingerprint density at radius 1 is 1.21 bits per heavy atom. The molecule has 8 nitrogen and oxygen atoms in total. The van der Waals surface area contributed by atoms with Crippen LogP contribution in [0.4, 0.5) is 0 Å². The molecule has 3 saturated carbocycles. The highest BCUT2D eigenvalue weighted by atomic mass is 16.6. The molecule has 3 fully saturated rings. The first kappa shape index (κ1) is 26.8. The van der Waals surface area contributed by atoms with Gasteiger partial charge in [-0.15, -0.1) is 6.58 Å². The summed E-state index contributed by atoms with van der Waals surface area (Å²) in [7, 11) is 0. The van der Waals surface area contributed by atoms with E-state index in [2.05, 4.69) is 6.58 Å². The highest BCUT2D eigenvalue weighted by molar-refractivity contribution is 5.92. The Morgan fingerprint density at radius 3 is 2.35 bits per heavy atom. The van der Waals surface area contributed by atoms with Crippen molar-refractivity contribution in [2.24, 2.45) is 33.3 Å². The van der Waals surface area contributed by atoms with Crippen molar-refractivity contribution < 1.29 is 34.1 Å². The van der Waals surface area contributed by atoms with Crippen LogP contribution in [0.2, 0.25) is 0 Å². The van der Waals surface area contributed by atoms with Gasteiger partial charge >= 0.3 is 11.9 Å². The van der Waals surface area contributed by atoms with Crippen molar-refractivity contribution in [2.75, 3.05) is 6.54 Å². The highest BCUT2D eigenvalue weighted by Crippen LogP contribution is 2.71. The number of Topliss-reactive ketones (excluding diaryl/α,β-unsaturated/α-hetero) is 1. The first-order chi connectivity index (χ1) is 15.5. The second kappa shape index (κ2) is 8.42. The van der Waals surface area contributed by atoms with Crippen molar-refractivity contribution in [3.63, 3.8) is 0 Å². The largest absolute Gasteiger partial charge is 0.458 e. The number of carbonyl (C=O) groups excluding carboxylic acids is 3. The lowest BCUT2D eigenvalue weighted by molar-refractivity contribution is -0.333. The summed E-state index contributed by atoms with van der Waals surface area (Å²) in [6.07, 6.45) is -0.200. The summed E-state index contributed by atoms with van der Waals surface area (Å²) in [6.45, 7) is 14.5. The molecule has 3 aliphatic carbocycles. The van der Waals surface area contributed by atoms with Gasteiger partial charge in [0.2, 0.25) is 0 Å². The van der Waals surface area contributed by atoms with Gasteiger partial charge in [0.05, 0.1) is 12.5 Å². The third-order valence-electron chi connectivity index (χ3n) is 9.24. The maximum atomic E-state index is 13.9. The number of rotatable bonds is 5. The van der Waals surface area contributed by atoms with Gasteiger partial charge in [-0.25, -0.2) is 0 Å². The number of ether oxygens (including phenoxy) is 2. The number of allylic oxidation sites excluding steroid dienone is 1. The van der Waals surface area contributed by atoms with E-state index in [1.165, 1.54) is 6.92 Å².